The van der Waals surface area contributed by atoms with Gasteiger partial charge >= 0.3 is 5.97 Å². The second-order valence-electron chi connectivity index (χ2n) is 4.61. The molecule has 1 fully saturated rings. The van der Waals surface area contributed by atoms with E-state index in [1.165, 1.54) is 6.07 Å². The molecule has 0 bridgehead atoms. The molecule has 1 aromatic carbocycles. The van der Waals surface area contributed by atoms with E-state index in [2.05, 4.69) is 5.32 Å². The second kappa shape index (κ2) is 5.69. The normalized spacial score (nSPS) is 20.8. The summed E-state index contributed by atoms with van der Waals surface area (Å²) in [6.07, 6.45) is 0. The molecular formula is C12H15ClN2O4S. The number of aryl methyl sites for hydroxylation is 1. The summed E-state index contributed by atoms with van der Waals surface area (Å²) in [4.78, 5) is 11.1. The van der Waals surface area contributed by atoms with Crippen molar-refractivity contribution in [3.8, 4) is 0 Å². The summed E-state index contributed by atoms with van der Waals surface area (Å²) in [5.74, 6) is -1.18. The first-order chi connectivity index (χ1) is 9.34. The minimum atomic E-state index is -3.92. The van der Waals surface area contributed by atoms with Crippen molar-refractivity contribution in [2.75, 3.05) is 19.6 Å². The summed E-state index contributed by atoms with van der Waals surface area (Å²) >= 11 is 5.99. The van der Waals surface area contributed by atoms with Gasteiger partial charge in [0.25, 0.3) is 0 Å². The Balaban J connectivity index is 2.45. The van der Waals surface area contributed by atoms with Gasteiger partial charge in [-0.2, -0.15) is 4.31 Å². The lowest BCUT2D eigenvalue weighted by atomic mass is 10.2. The molecule has 1 aromatic rings. The third kappa shape index (κ3) is 2.80. The number of nitrogens with one attached hydrogen (secondary N) is 1. The van der Waals surface area contributed by atoms with E-state index in [1.54, 1.807) is 19.1 Å². The Morgan fingerprint density at radius 1 is 1.50 bits per heavy atom. The lowest BCUT2D eigenvalue weighted by Gasteiger charge is -2.32. The number of piperazine rings is 1. The van der Waals surface area contributed by atoms with Crippen LogP contribution in [0.3, 0.4) is 0 Å². The van der Waals surface area contributed by atoms with Crippen LogP contribution in [0.15, 0.2) is 23.1 Å². The number of aliphatic carboxylic acids is 1. The van der Waals surface area contributed by atoms with Crippen LogP contribution in [0.25, 0.3) is 0 Å². The Kier molecular flexibility index (Phi) is 4.33. The number of halogens is 1. The first-order valence-electron chi connectivity index (χ1n) is 6.05. The van der Waals surface area contributed by atoms with Gasteiger partial charge in [0.1, 0.15) is 10.9 Å². The highest BCUT2D eigenvalue weighted by Crippen LogP contribution is 2.27. The number of hydrogen-bond acceptors (Lipinski definition) is 4. The summed E-state index contributed by atoms with van der Waals surface area (Å²) in [5, 5.41) is 12.1. The maximum atomic E-state index is 12.6. The Hall–Kier alpha value is -1.15. The number of carboxylic acid groups (broad SMARTS) is 1. The van der Waals surface area contributed by atoms with Crippen LogP contribution in [0.4, 0.5) is 0 Å². The minimum Gasteiger partial charge on any atom is -0.480 e. The number of rotatable bonds is 3. The van der Waals surface area contributed by atoms with Crippen LogP contribution in [0, 0.1) is 6.92 Å². The Bertz CT molecular complexity index is 632. The first kappa shape index (κ1) is 15.2. The highest BCUT2D eigenvalue weighted by molar-refractivity contribution is 7.89. The Morgan fingerprint density at radius 2 is 2.20 bits per heavy atom. The molecule has 1 aliphatic rings. The molecule has 1 aliphatic heterocycles. The molecule has 1 saturated heterocycles. The lowest BCUT2D eigenvalue weighted by molar-refractivity contribution is -0.141. The molecule has 0 aliphatic carbocycles. The molecule has 0 spiro atoms. The third-order valence-corrected chi connectivity index (χ3v) is 5.54. The van der Waals surface area contributed by atoms with E-state index in [0.29, 0.717) is 6.54 Å². The molecule has 1 unspecified atom stereocenters. The SMILES string of the molecule is Cc1ccc(S(=O)(=O)N2CCNCC2C(=O)O)c(Cl)c1. The Morgan fingerprint density at radius 3 is 2.80 bits per heavy atom. The fraction of sp³-hybridized carbons (Fsp3) is 0.417. The van der Waals surface area contributed by atoms with Gasteiger partial charge in [0.15, 0.2) is 0 Å². The van der Waals surface area contributed by atoms with Gasteiger partial charge in [0, 0.05) is 19.6 Å². The van der Waals surface area contributed by atoms with Crippen molar-refractivity contribution >= 4 is 27.6 Å². The molecule has 2 N–H and O–H groups in total. The number of carbonyl (C=O) groups is 1. The molecule has 8 heteroatoms. The molecule has 20 heavy (non-hydrogen) atoms. The zero-order valence-corrected chi connectivity index (χ0v) is 12.4. The van der Waals surface area contributed by atoms with Crippen molar-refractivity contribution in [3.63, 3.8) is 0 Å². The van der Waals surface area contributed by atoms with Gasteiger partial charge in [-0.1, -0.05) is 17.7 Å². The van der Waals surface area contributed by atoms with E-state index >= 15 is 0 Å². The zero-order chi connectivity index (χ0) is 14.9. The highest BCUT2D eigenvalue weighted by atomic mass is 35.5. The molecule has 0 radical (unpaired) electrons. The smallest absolute Gasteiger partial charge is 0.323 e. The average Bonchev–Trinajstić information content (AvgIpc) is 2.38. The molecule has 110 valence electrons. The van der Waals surface area contributed by atoms with Gasteiger partial charge in [-0.05, 0) is 24.6 Å². The molecule has 0 amide bonds. The zero-order valence-electron chi connectivity index (χ0n) is 10.8. The van der Waals surface area contributed by atoms with Crippen LogP contribution in [0.1, 0.15) is 5.56 Å². The number of hydrogen-bond donors (Lipinski definition) is 2. The predicted octanol–water partition coefficient (Wildman–Crippen LogP) is 0.696. The van der Waals surface area contributed by atoms with Gasteiger partial charge in [-0.15, -0.1) is 0 Å². The summed E-state index contributed by atoms with van der Waals surface area (Å²) in [7, 11) is -3.92. The fourth-order valence-electron chi connectivity index (χ4n) is 2.13. The average molecular weight is 319 g/mol. The van der Waals surface area contributed by atoms with Gasteiger partial charge in [0.2, 0.25) is 10.0 Å². The molecule has 1 atom stereocenters. The van der Waals surface area contributed by atoms with E-state index in [9.17, 15) is 13.2 Å². The van der Waals surface area contributed by atoms with Crippen molar-refractivity contribution in [3.05, 3.63) is 28.8 Å². The van der Waals surface area contributed by atoms with Gasteiger partial charge in [-0.25, -0.2) is 8.42 Å². The predicted molar refractivity (Wildman–Crippen MR) is 74.4 cm³/mol. The summed E-state index contributed by atoms with van der Waals surface area (Å²) in [6, 6.07) is 3.47. The standard InChI is InChI=1S/C12H15ClN2O4S/c1-8-2-3-11(9(13)6-8)20(18,19)15-5-4-14-7-10(15)12(16)17/h2-3,6,10,14H,4-5,7H2,1H3,(H,16,17). The van der Waals surface area contributed by atoms with E-state index in [0.717, 1.165) is 9.87 Å². The van der Waals surface area contributed by atoms with Gasteiger partial charge < -0.3 is 10.4 Å². The quantitative estimate of drug-likeness (QED) is 0.856. The minimum absolute atomic E-state index is 0.0575. The van der Waals surface area contributed by atoms with E-state index in [4.69, 9.17) is 16.7 Å². The van der Waals surface area contributed by atoms with Crippen LogP contribution in [0.5, 0.6) is 0 Å². The highest BCUT2D eigenvalue weighted by Gasteiger charge is 2.38. The van der Waals surface area contributed by atoms with E-state index in [-0.39, 0.29) is 23.0 Å². The van der Waals surface area contributed by atoms with Crippen molar-refractivity contribution < 1.29 is 18.3 Å². The van der Waals surface area contributed by atoms with Crippen molar-refractivity contribution in [2.24, 2.45) is 0 Å². The number of benzene rings is 1. The lowest BCUT2D eigenvalue weighted by Crippen LogP contribution is -2.56. The first-order valence-corrected chi connectivity index (χ1v) is 7.87. The van der Waals surface area contributed by atoms with Gasteiger partial charge in [0.05, 0.1) is 5.02 Å². The van der Waals surface area contributed by atoms with Crippen molar-refractivity contribution in [1.29, 1.82) is 0 Å². The Labute approximate surface area is 122 Å². The maximum Gasteiger partial charge on any atom is 0.323 e. The van der Waals surface area contributed by atoms with Crippen LogP contribution in [0.2, 0.25) is 5.02 Å². The van der Waals surface area contributed by atoms with E-state index < -0.39 is 22.0 Å². The molecule has 1 heterocycles. The second-order valence-corrected chi connectivity index (χ2v) is 6.87. The van der Waals surface area contributed by atoms with Crippen LogP contribution in [-0.2, 0) is 14.8 Å². The topological polar surface area (TPSA) is 86.7 Å². The maximum absolute atomic E-state index is 12.6. The van der Waals surface area contributed by atoms with Crippen molar-refractivity contribution in [1.82, 2.24) is 9.62 Å². The number of nitrogens with zero attached hydrogens (tertiary/aromatic N) is 1. The molecule has 6 nitrogen and oxygen atoms in total. The summed E-state index contributed by atoms with van der Waals surface area (Å²) in [6.45, 7) is 2.39. The molecular weight excluding hydrogens is 304 g/mol. The monoisotopic (exact) mass is 318 g/mol. The van der Waals surface area contributed by atoms with Crippen LogP contribution in [-0.4, -0.2) is 49.5 Å². The van der Waals surface area contributed by atoms with E-state index in [1.807, 2.05) is 0 Å². The van der Waals surface area contributed by atoms with Gasteiger partial charge in [-0.3, -0.25) is 4.79 Å². The van der Waals surface area contributed by atoms with Crippen molar-refractivity contribution in [2.45, 2.75) is 17.9 Å². The fourth-order valence-corrected chi connectivity index (χ4v) is 4.28. The molecule has 0 aromatic heterocycles. The summed E-state index contributed by atoms with van der Waals surface area (Å²) in [5.41, 5.74) is 0.837. The van der Waals surface area contributed by atoms with Crippen LogP contribution >= 0.6 is 11.6 Å². The molecule has 2 rings (SSSR count). The third-order valence-electron chi connectivity index (χ3n) is 3.15. The number of sulfonamides is 1. The number of carboxylic acids is 1. The largest absolute Gasteiger partial charge is 0.480 e. The summed E-state index contributed by atoms with van der Waals surface area (Å²) < 4.78 is 26.2. The molecule has 0 saturated carbocycles. The van der Waals surface area contributed by atoms with Crippen LogP contribution < -0.4 is 5.32 Å².